The Kier molecular flexibility index (Phi) is 5.25. The average Bonchev–Trinajstić information content (AvgIpc) is 2.82. The van der Waals surface area contributed by atoms with Crippen LogP contribution < -0.4 is 4.74 Å². The lowest BCUT2D eigenvalue weighted by atomic mass is 10.2. The number of hydrogen-bond donors (Lipinski definition) is 0. The van der Waals surface area contributed by atoms with E-state index in [0.29, 0.717) is 22.8 Å². The van der Waals surface area contributed by atoms with Crippen molar-refractivity contribution in [1.29, 1.82) is 0 Å². The molecule has 2 rings (SSSR count). The summed E-state index contributed by atoms with van der Waals surface area (Å²) < 4.78 is 30.5. The van der Waals surface area contributed by atoms with Crippen LogP contribution in [0, 0.1) is 12.7 Å². The normalized spacial score (nSPS) is 12.3. The molecule has 0 aliphatic carbocycles. The Morgan fingerprint density at radius 2 is 2.25 bits per heavy atom. The SMILES string of the molecule is COc1ccc(F)cc1CS(=O)CCc1scnc1C. The zero-order chi connectivity index (χ0) is 14.5. The molecule has 1 aromatic heterocycles. The number of aryl methyl sites for hydroxylation is 2. The number of ether oxygens (including phenoxy) is 1. The maximum Gasteiger partial charge on any atom is 0.123 e. The highest BCUT2D eigenvalue weighted by molar-refractivity contribution is 7.84. The smallest absolute Gasteiger partial charge is 0.123 e. The van der Waals surface area contributed by atoms with Crippen LogP contribution in [0.4, 0.5) is 4.39 Å². The topological polar surface area (TPSA) is 39.2 Å². The molecule has 0 saturated heterocycles. The summed E-state index contributed by atoms with van der Waals surface area (Å²) >= 11 is 1.58. The minimum Gasteiger partial charge on any atom is -0.496 e. The molecular weight excluding hydrogens is 297 g/mol. The van der Waals surface area contributed by atoms with Gasteiger partial charge in [0, 0.05) is 27.0 Å². The van der Waals surface area contributed by atoms with Gasteiger partial charge in [-0.15, -0.1) is 11.3 Å². The van der Waals surface area contributed by atoms with E-state index in [1.807, 2.05) is 6.92 Å². The van der Waals surface area contributed by atoms with Gasteiger partial charge in [-0.1, -0.05) is 0 Å². The van der Waals surface area contributed by atoms with Crippen LogP contribution in [-0.4, -0.2) is 22.1 Å². The molecule has 1 atom stereocenters. The number of nitrogens with zero attached hydrogens (tertiary/aromatic N) is 1. The fraction of sp³-hybridized carbons (Fsp3) is 0.357. The average molecular weight is 313 g/mol. The molecule has 0 bridgehead atoms. The van der Waals surface area contributed by atoms with Crippen LogP contribution in [0.1, 0.15) is 16.1 Å². The quantitative estimate of drug-likeness (QED) is 0.822. The number of hydrogen-bond acceptors (Lipinski definition) is 4. The van der Waals surface area contributed by atoms with E-state index in [9.17, 15) is 8.60 Å². The molecule has 0 spiro atoms. The van der Waals surface area contributed by atoms with Gasteiger partial charge in [-0.05, 0) is 31.5 Å². The summed E-state index contributed by atoms with van der Waals surface area (Å²) in [6.07, 6.45) is 0.737. The molecule has 3 nitrogen and oxygen atoms in total. The second kappa shape index (κ2) is 6.95. The van der Waals surface area contributed by atoms with Gasteiger partial charge in [-0.3, -0.25) is 4.21 Å². The lowest BCUT2D eigenvalue weighted by Gasteiger charge is -2.08. The largest absolute Gasteiger partial charge is 0.496 e. The van der Waals surface area contributed by atoms with E-state index < -0.39 is 10.8 Å². The first-order chi connectivity index (χ1) is 9.60. The van der Waals surface area contributed by atoms with Crippen LogP contribution in [0.3, 0.4) is 0 Å². The lowest BCUT2D eigenvalue weighted by molar-refractivity contribution is 0.410. The van der Waals surface area contributed by atoms with E-state index in [1.54, 1.807) is 22.9 Å². The fourth-order valence-corrected chi connectivity index (χ4v) is 3.94. The zero-order valence-corrected chi connectivity index (χ0v) is 13.0. The number of halogens is 1. The molecule has 0 saturated carbocycles. The van der Waals surface area contributed by atoms with Gasteiger partial charge in [0.1, 0.15) is 11.6 Å². The van der Waals surface area contributed by atoms with E-state index >= 15 is 0 Å². The van der Waals surface area contributed by atoms with E-state index in [1.165, 1.54) is 19.2 Å². The first-order valence-corrected chi connectivity index (χ1v) is 8.53. The summed E-state index contributed by atoms with van der Waals surface area (Å²) in [5.74, 6) is 1.09. The predicted molar refractivity (Wildman–Crippen MR) is 80.2 cm³/mol. The molecule has 0 aliphatic heterocycles. The highest BCUT2D eigenvalue weighted by Gasteiger charge is 2.10. The van der Waals surface area contributed by atoms with Gasteiger partial charge in [-0.25, -0.2) is 9.37 Å². The maximum atomic E-state index is 13.2. The van der Waals surface area contributed by atoms with Gasteiger partial charge in [0.25, 0.3) is 0 Å². The Morgan fingerprint density at radius 3 is 2.90 bits per heavy atom. The summed E-state index contributed by atoms with van der Waals surface area (Å²) in [6.45, 7) is 1.95. The van der Waals surface area contributed by atoms with Crippen molar-refractivity contribution in [3.05, 3.63) is 45.7 Å². The number of rotatable bonds is 6. The molecule has 0 N–H and O–H groups in total. The Bertz CT molecular complexity index is 613. The van der Waals surface area contributed by atoms with E-state index in [4.69, 9.17) is 4.74 Å². The van der Waals surface area contributed by atoms with Crippen molar-refractivity contribution in [3.8, 4) is 5.75 Å². The van der Waals surface area contributed by atoms with Gasteiger partial charge < -0.3 is 4.74 Å². The Balaban J connectivity index is 1.98. The molecule has 2 aromatic rings. The van der Waals surface area contributed by atoms with Crippen LogP contribution in [0.15, 0.2) is 23.7 Å². The molecule has 1 unspecified atom stereocenters. The third kappa shape index (κ3) is 3.86. The standard InChI is InChI=1S/C14H16FNO2S2/c1-10-14(19-9-16-10)5-6-20(17)8-11-7-12(15)3-4-13(11)18-2/h3-4,7,9H,5-6,8H2,1-2H3. The molecule has 20 heavy (non-hydrogen) atoms. The van der Waals surface area contributed by atoms with Crippen molar-refractivity contribution < 1.29 is 13.3 Å². The first-order valence-electron chi connectivity index (χ1n) is 6.16. The summed E-state index contributed by atoms with van der Waals surface area (Å²) in [5.41, 5.74) is 3.44. The minimum absolute atomic E-state index is 0.304. The summed E-state index contributed by atoms with van der Waals surface area (Å²) in [7, 11) is 0.476. The third-order valence-electron chi connectivity index (χ3n) is 2.96. The van der Waals surface area contributed by atoms with Gasteiger partial charge in [0.15, 0.2) is 0 Å². The van der Waals surface area contributed by atoms with Gasteiger partial charge in [0.2, 0.25) is 0 Å². The molecule has 0 amide bonds. The highest BCUT2D eigenvalue weighted by Crippen LogP contribution is 2.21. The van der Waals surface area contributed by atoms with E-state index in [-0.39, 0.29) is 5.82 Å². The second-order valence-electron chi connectivity index (χ2n) is 4.36. The van der Waals surface area contributed by atoms with Gasteiger partial charge >= 0.3 is 0 Å². The molecular formula is C14H16FNO2S2. The number of thiazole rings is 1. The monoisotopic (exact) mass is 313 g/mol. The molecule has 0 radical (unpaired) electrons. The minimum atomic E-state index is -1.05. The number of benzene rings is 1. The first kappa shape index (κ1) is 15.1. The van der Waals surface area contributed by atoms with Crippen molar-refractivity contribution in [1.82, 2.24) is 4.98 Å². The van der Waals surface area contributed by atoms with Crippen LogP contribution in [0.2, 0.25) is 0 Å². The summed E-state index contributed by atoms with van der Waals surface area (Å²) in [6, 6.07) is 4.29. The predicted octanol–water partition coefficient (Wildman–Crippen LogP) is 3.09. The maximum absolute atomic E-state index is 13.2. The van der Waals surface area contributed by atoms with Crippen LogP contribution >= 0.6 is 11.3 Å². The third-order valence-corrected chi connectivity index (χ3v) is 5.25. The summed E-state index contributed by atoms with van der Waals surface area (Å²) in [5, 5.41) is 0. The van der Waals surface area contributed by atoms with Gasteiger partial charge in [0.05, 0.1) is 24.1 Å². The van der Waals surface area contributed by atoms with Crippen molar-refractivity contribution in [2.45, 2.75) is 19.1 Å². The lowest BCUT2D eigenvalue weighted by Crippen LogP contribution is -2.05. The highest BCUT2D eigenvalue weighted by atomic mass is 32.2. The zero-order valence-electron chi connectivity index (χ0n) is 11.4. The van der Waals surface area contributed by atoms with E-state index in [2.05, 4.69) is 4.98 Å². The fourth-order valence-electron chi connectivity index (χ4n) is 1.88. The van der Waals surface area contributed by atoms with Crippen molar-refractivity contribution >= 4 is 22.1 Å². The van der Waals surface area contributed by atoms with Gasteiger partial charge in [-0.2, -0.15) is 0 Å². The number of methoxy groups -OCH3 is 1. The molecule has 1 aromatic carbocycles. The van der Waals surface area contributed by atoms with Crippen LogP contribution in [-0.2, 0) is 23.0 Å². The molecule has 108 valence electrons. The summed E-state index contributed by atoms with van der Waals surface area (Å²) in [4.78, 5) is 5.32. The van der Waals surface area contributed by atoms with Crippen molar-refractivity contribution in [2.24, 2.45) is 0 Å². The number of aromatic nitrogens is 1. The van der Waals surface area contributed by atoms with Crippen molar-refractivity contribution in [3.63, 3.8) is 0 Å². The molecule has 0 aliphatic rings. The Morgan fingerprint density at radius 1 is 1.45 bits per heavy atom. The van der Waals surface area contributed by atoms with Crippen LogP contribution in [0.5, 0.6) is 5.75 Å². The Labute approximate surface area is 124 Å². The second-order valence-corrected chi connectivity index (χ2v) is 6.87. The van der Waals surface area contributed by atoms with Crippen LogP contribution in [0.25, 0.3) is 0 Å². The van der Waals surface area contributed by atoms with Crippen molar-refractivity contribution in [2.75, 3.05) is 12.9 Å². The molecule has 6 heteroatoms. The Hall–Kier alpha value is -1.27. The molecule has 0 fully saturated rings. The van der Waals surface area contributed by atoms with E-state index in [0.717, 1.165) is 17.0 Å². The molecule has 1 heterocycles.